The third-order valence-electron chi connectivity index (χ3n) is 6.80. The molecule has 2 fully saturated rings. The first-order valence-electron chi connectivity index (χ1n) is 11.3. The zero-order valence-electron chi connectivity index (χ0n) is 18.8. The van der Waals surface area contributed by atoms with E-state index in [-0.39, 0.29) is 36.7 Å². The van der Waals surface area contributed by atoms with Crippen molar-refractivity contribution in [1.29, 1.82) is 0 Å². The van der Waals surface area contributed by atoms with Gasteiger partial charge in [-0.1, -0.05) is 0 Å². The van der Waals surface area contributed by atoms with E-state index in [1.165, 1.54) is 10.7 Å². The molecule has 1 aliphatic heterocycles. The van der Waals surface area contributed by atoms with Crippen molar-refractivity contribution >= 4 is 28.4 Å². The van der Waals surface area contributed by atoms with Crippen molar-refractivity contribution in [2.24, 2.45) is 0 Å². The van der Waals surface area contributed by atoms with Crippen LogP contribution in [0.25, 0.3) is 27.9 Å². The molecule has 0 radical (unpaired) electrons. The Balaban J connectivity index is 1.47. The van der Waals surface area contributed by atoms with E-state index in [2.05, 4.69) is 20.7 Å². The Morgan fingerprint density at radius 1 is 1.31 bits per heavy atom. The first kappa shape index (κ1) is 21.9. The third kappa shape index (κ3) is 3.43. The van der Waals surface area contributed by atoms with Crippen molar-refractivity contribution < 1.29 is 23.4 Å². The summed E-state index contributed by atoms with van der Waals surface area (Å²) in [6, 6.07) is 4.01. The molecule has 182 valence electrons. The highest BCUT2D eigenvalue weighted by Gasteiger charge is 2.49. The predicted octanol–water partition coefficient (Wildman–Crippen LogP) is 2.25. The fraction of sp³-hybridized carbons (Fsp3) is 0.391. The molecule has 1 aliphatic carbocycles. The van der Waals surface area contributed by atoms with Crippen LogP contribution in [-0.4, -0.2) is 73.5 Å². The monoisotopic (exact) mass is 483 g/mol. The summed E-state index contributed by atoms with van der Waals surface area (Å²) >= 11 is 0. The molecule has 0 aromatic carbocycles. The van der Waals surface area contributed by atoms with Crippen LogP contribution in [0.4, 0.5) is 14.6 Å². The van der Waals surface area contributed by atoms with Gasteiger partial charge in [-0.15, -0.1) is 0 Å². The number of ether oxygens (including phenoxy) is 1. The van der Waals surface area contributed by atoms with Gasteiger partial charge >= 0.3 is 0 Å². The van der Waals surface area contributed by atoms with E-state index >= 15 is 0 Å². The number of hydrogen-bond donors (Lipinski definition) is 3. The predicted molar refractivity (Wildman–Crippen MR) is 123 cm³/mol. The average Bonchev–Trinajstić information content (AvgIpc) is 3.57. The lowest BCUT2D eigenvalue weighted by atomic mass is 9.88. The van der Waals surface area contributed by atoms with Gasteiger partial charge in [-0.2, -0.15) is 9.61 Å². The molecule has 35 heavy (non-hydrogen) atoms. The SMILES string of the molecule is CNc1cc(-c2cn([C@@H]3COC[C@H]3O)c3ncccc23)nc2c(C(=O)N[C@H]3CCC3(F)F)cnn12. The van der Waals surface area contributed by atoms with Gasteiger partial charge in [0.05, 0.1) is 37.2 Å². The number of aromatic nitrogens is 5. The van der Waals surface area contributed by atoms with Crippen molar-refractivity contribution in [3.05, 3.63) is 42.4 Å². The Kier molecular flexibility index (Phi) is 4.97. The molecular formula is C23H23F2N7O3. The first-order valence-corrected chi connectivity index (χ1v) is 11.3. The molecule has 1 amide bonds. The van der Waals surface area contributed by atoms with Crippen molar-refractivity contribution in [1.82, 2.24) is 29.5 Å². The van der Waals surface area contributed by atoms with Crippen LogP contribution in [0, 0.1) is 0 Å². The Labute approximate surface area is 197 Å². The lowest BCUT2D eigenvalue weighted by Crippen LogP contribution is -2.55. The van der Waals surface area contributed by atoms with Crippen LogP contribution < -0.4 is 10.6 Å². The minimum Gasteiger partial charge on any atom is -0.388 e. The molecular weight excluding hydrogens is 460 g/mol. The minimum absolute atomic E-state index is 0.104. The maximum Gasteiger partial charge on any atom is 0.267 e. The molecule has 12 heteroatoms. The van der Waals surface area contributed by atoms with Crippen molar-refractivity contribution in [2.75, 3.05) is 25.6 Å². The minimum atomic E-state index is -2.91. The molecule has 5 heterocycles. The van der Waals surface area contributed by atoms with Crippen LogP contribution in [0.15, 0.2) is 36.8 Å². The zero-order valence-corrected chi connectivity index (χ0v) is 18.8. The maximum absolute atomic E-state index is 13.7. The molecule has 4 aromatic heterocycles. The third-order valence-corrected chi connectivity index (χ3v) is 6.80. The fourth-order valence-electron chi connectivity index (χ4n) is 4.70. The van der Waals surface area contributed by atoms with Crippen LogP contribution in [0.5, 0.6) is 0 Å². The van der Waals surface area contributed by atoms with Crippen LogP contribution in [0.3, 0.4) is 0 Å². The average molecular weight is 483 g/mol. The van der Waals surface area contributed by atoms with E-state index in [9.17, 15) is 18.7 Å². The van der Waals surface area contributed by atoms with Gasteiger partial charge in [-0.05, 0) is 18.6 Å². The molecule has 1 saturated heterocycles. The molecule has 3 N–H and O–H groups in total. The number of nitrogens with zero attached hydrogens (tertiary/aromatic N) is 5. The van der Waals surface area contributed by atoms with Gasteiger partial charge in [-0.25, -0.2) is 18.7 Å². The number of rotatable bonds is 5. The number of fused-ring (bicyclic) bond motifs is 2. The highest BCUT2D eigenvalue weighted by Crippen LogP contribution is 2.38. The quantitative estimate of drug-likeness (QED) is 0.398. The summed E-state index contributed by atoms with van der Waals surface area (Å²) in [5.41, 5.74) is 2.29. The van der Waals surface area contributed by atoms with Crippen LogP contribution in [0.1, 0.15) is 29.2 Å². The van der Waals surface area contributed by atoms with Crippen molar-refractivity contribution in [3.63, 3.8) is 0 Å². The Morgan fingerprint density at radius 3 is 2.86 bits per heavy atom. The Morgan fingerprint density at radius 2 is 2.17 bits per heavy atom. The normalized spacial score (nSPS) is 23.5. The molecule has 4 aromatic rings. The number of amides is 1. The number of halogens is 2. The smallest absolute Gasteiger partial charge is 0.267 e. The molecule has 0 bridgehead atoms. The summed E-state index contributed by atoms with van der Waals surface area (Å²) in [5, 5.41) is 20.9. The molecule has 1 saturated carbocycles. The Bertz CT molecular complexity index is 1450. The van der Waals surface area contributed by atoms with Crippen molar-refractivity contribution in [3.8, 4) is 11.3 Å². The lowest BCUT2D eigenvalue weighted by Gasteiger charge is -2.36. The summed E-state index contributed by atoms with van der Waals surface area (Å²) in [6.45, 7) is 0.600. The van der Waals surface area contributed by atoms with Crippen LogP contribution in [0.2, 0.25) is 0 Å². The number of alkyl halides is 2. The molecule has 3 atom stereocenters. The number of nitrogens with one attached hydrogen (secondary N) is 2. The van der Waals surface area contributed by atoms with Gasteiger partial charge in [0, 0.05) is 42.9 Å². The second-order valence-electron chi connectivity index (χ2n) is 8.89. The van der Waals surface area contributed by atoms with E-state index in [0.717, 1.165) is 10.9 Å². The van der Waals surface area contributed by atoms with Gasteiger partial charge in [0.25, 0.3) is 11.8 Å². The molecule has 2 aliphatic rings. The van der Waals surface area contributed by atoms with Gasteiger partial charge in [0.1, 0.15) is 23.1 Å². The molecule has 10 nitrogen and oxygen atoms in total. The summed E-state index contributed by atoms with van der Waals surface area (Å²) < 4.78 is 36.3. The molecule has 0 unspecified atom stereocenters. The number of carbonyl (C=O) groups excluding carboxylic acids is 1. The highest BCUT2D eigenvalue weighted by molar-refractivity contribution is 6.01. The molecule has 6 rings (SSSR count). The maximum atomic E-state index is 13.7. The van der Waals surface area contributed by atoms with E-state index in [1.807, 2.05) is 22.9 Å². The number of aliphatic hydroxyl groups excluding tert-OH is 1. The first-order chi connectivity index (χ1) is 16.9. The number of carbonyl (C=O) groups is 1. The largest absolute Gasteiger partial charge is 0.388 e. The zero-order chi connectivity index (χ0) is 24.3. The van der Waals surface area contributed by atoms with Gasteiger partial charge in [0.2, 0.25) is 0 Å². The van der Waals surface area contributed by atoms with Gasteiger partial charge in [0.15, 0.2) is 5.65 Å². The summed E-state index contributed by atoms with van der Waals surface area (Å²) in [6.07, 6.45) is 4.19. The van der Waals surface area contributed by atoms with Gasteiger partial charge in [-0.3, -0.25) is 4.79 Å². The summed E-state index contributed by atoms with van der Waals surface area (Å²) in [5.74, 6) is -2.99. The standard InChI is InChI=1S/C23H23F2N7O3/c1-26-19-7-15(14-9-31(16-10-35-11-17(16)33)20-12(14)3-2-6-27-20)29-21-13(8-28-32(19)21)22(34)30-18-4-5-23(18,24)25/h2-3,6-9,16-18,26,33H,4-5,10-11H2,1H3,(H,30,34)/t16-,17-,18+/m1/s1. The summed E-state index contributed by atoms with van der Waals surface area (Å²) in [4.78, 5) is 22.1. The number of anilines is 1. The lowest BCUT2D eigenvalue weighted by molar-refractivity contribution is -0.102. The summed E-state index contributed by atoms with van der Waals surface area (Å²) in [7, 11) is 1.71. The van der Waals surface area contributed by atoms with E-state index in [1.54, 1.807) is 19.3 Å². The van der Waals surface area contributed by atoms with Crippen LogP contribution >= 0.6 is 0 Å². The van der Waals surface area contributed by atoms with Gasteiger partial charge < -0.3 is 25.0 Å². The number of aliphatic hydroxyl groups is 1. The number of hydrogen-bond acceptors (Lipinski definition) is 7. The molecule has 0 spiro atoms. The second-order valence-corrected chi connectivity index (χ2v) is 8.89. The van der Waals surface area contributed by atoms with Crippen molar-refractivity contribution in [2.45, 2.75) is 37.0 Å². The van der Waals surface area contributed by atoms with E-state index in [0.29, 0.717) is 23.8 Å². The van der Waals surface area contributed by atoms with E-state index in [4.69, 9.17) is 9.72 Å². The second kappa shape index (κ2) is 7.95. The van der Waals surface area contributed by atoms with E-state index < -0.39 is 24.0 Å². The fourth-order valence-corrected chi connectivity index (χ4v) is 4.70. The Hall–Kier alpha value is -3.64. The van der Waals surface area contributed by atoms with Crippen LogP contribution in [-0.2, 0) is 4.74 Å². The number of pyridine rings is 1. The highest BCUT2D eigenvalue weighted by atomic mass is 19.3. The topological polar surface area (TPSA) is 119 Å².